The molecule has 8 heteroatoms. The SMILES string of the molecule is Nc1nc(N)c2c(n1)O[C@]1(CCCN(Cc3ncccc3F)CC1)C2. The molecule has 0 aromatic carbocycles. The highest BCUT2D eigenvalue weighted by Gasteiger charge is 2.42. The Kier molecular flexibility index (Phi) is 3.91. The number of fused-ring (bicyclic) bond motifs is 1. The lowest BCUT2D eigenvalue weighted by atomic mass is 9.90. The predicted octanol–water partition coefficient (Wildman–Crippen LogP) is 1.53. The first kappa shape index (κ1) is 16.0. The molecule has 4 rings (SSSR count). The third kappa shape index (κ3) is 3.09. The quantitative estimate of drug-likeness (QED) is 0.851. The summed E-state index contributed by atoms with van der Waals surface area (Å²) in [6.45, 7) is 2.18. The molecule has 2 aliphatic heterocycles. The average Bonchev–Trinajstić information content (AvgIpc) is 2.82. The summed E-state index contributed by atoms with van der Waals surface area (Å²) in [4.78, 5) is 14.6. The van der Waals surface area contributed by atoms with E-state index in [4.69, 9.17) is 16.2 Å². The van der Waals surface area contributed by atoms with Crippen LogP contribution in [0.4, 0.5) is 16.2 Å². The summed E-state index contributed by atoms with van der Waals surface area (Å²) in [6.07, 6.45) is 4.98. The smallest absolute Gasteiger partial charge is 0.225 e. The average molecular weight is 344 g/mol. The van der Waals surface area contributed by atoms with Gasteiger partial charge in [-0.1, -0.05) is 0 Å². The van der Waals surface area contributed by atoms with Gasteiger partial charge in [-0.25, -0.2) is 4.39 Å². The molecule has 2 aromatic rings. The van der Waals surface area contributed by atoms with E-state index in [1.807, 2.05) is 0 Å². The van der Waals surface area contributed by atoms with Crippen molar-refractivity contribution in [3.05, 3.63) is 35.4 Å². The maximum absolute atomic E-state index is 13.8. The van der Waals surface area contributed by atoms with Gasteiger partial charge >= 0.3 is 0 Å². The van der Waals surface area contributed by atoms with E-state index in [1.165, 1.54) is 6.07 Å². The number of anilines is 2. The fraction of sp³-hybridized carbons (Fsp3) is 0.471. The van der Waals surface area contributed by atoms with Crippen molar-refractivity contribution in [2.75, 3.05) is 24.6 Å². The van der Waals surface area contributed by atoms with E-state index >= 15 is 0 Å². The second-order valence-electron chi connectivity index (χ2n) is 6.77. The third-order valence-corrected chi connectivity index (χ3v) is 5.03. The van der Waals surface area contributed by atoms with Crippen LogP contribution >= 0.6 is 0 Å². The van der Waals surface area contributed by atoms with Crippen LogP contribution in [0.1, 0.15) is 30.5 Å². The highest BCUT2D eigenvalue weighted by Crippen LogP contribution is 2.42. The van der Waals surface area contributed by atoms with Gasteiger partial charge in [0.2, 0.25) is 11.8 Å². The lowest BCUT2D eigenvalue weighted by Crippen LogP contribution is -2.36. The van der Waals surface area contributed by atoms with E-state index in [9.17, 15) is 4.39 Å². The summed E-state index contributed by atoms with van der Waals surface area (Å²) in [7, 11) is 0. The Hall–Kier alpha value is -2.48. The molecule has 0 aliphatic carbocycles. The number of hydrogen-bond donors (Lipinski definition) is 2. The van der Waals surface area contributed by atoms with Gasteiger partial charge in [0.1, 0.15) is 17.2 Å². The summed E-state index contributed by atoms with van der Waals surface area (Å²) in [6, 6.07) is 3.06. The number of likely N-dealkylation sites (tertiary alicyclic amines) is 1. The number of ether oxygens (including phenoxy) is 1. The molecule has 0 radical (unpaired) electrons. The van der Waals surface area contributed by atoms with Gasteiger partial charge < -0.3 is 16.2 Å². The second-order valence-corrected chi connectivity index (χ2v) is 6.77. The Labute approximate surface area is 145 Å². The topological polar surface area (TPSA) is 103 Å². The molecule has 1 atom stereocenters. The lowest BCUT2D eigenvalue weighted by Gasteiger charge is -2.27. The van der Waals surface area contributed by atoms with E-state index < -0.39 is 0 Å². The van der Waals surface area contributed by atoms with Gasteiger partial charge in [-0.05, 0) is 31.5 Å². The van der Waals surface area contributed by atoms with Gasteiger partial charge in [0, 0.05) is 32.1 Å². The first-order valence-electron chi connectivity index (χ1n) is 8.47. The molecule has 7 nitrogen and oxygen atoms in total. The number of nitrogen functional groups attached to an aromatic ring is 2. The first-order valence-corrected chi connectivity index (χ1v) is 8.47. The Balaban J connectivity index is 1.47. The minimum absolute atomic E-state index is 0.133. The zero-order chi connectivity index (χ0) is 17.4. The number of rotatable bonds is 2. The highest BCUT2D eigenvalue weighted by molar-refractivity contribution is 5.52. The van der Waals surface area contributed by atoms with Crippen LogP contribution in [0.25, 0.3) is 0 Å². The van der Waals surface area contributed by atoms with Crippen molar-refractivity contribution in [2.24, 2.45) is 0 Å². The highest BCUT2D eigenvalue weighted by atomic mass is 19.1. The normalized spacial score (nSPS) is 23.2. The van der Waals surface area contributed by atoms with Gasteiger partial charge in [-0.2, -0.15) is 9.97 Å². The van der Waals surface area contributed by atoms with Gasteiger partial charge in [-0.3, -0.25) is 9.88 Å². The zero-order valence-corrected chi connectivity index (χ0v) is 13.9. The van der Waals surface area contributed by atoms with E-state index in [-0.39, 0.29) is 17.4 Å². The molecule has 4 heterocycles. The van der Waals surface area contributed by atoms with Gasteiger partial charge in [-0.15, -0.1) is 0 Å². The van der Waals surface area contributed by atoms with Crippen LogP contribution < -0.4 is 16.2 Å². The number of halogens is 1. The van der Waals surface area contributed by atoms with Crippen molar-refractivity contribution in [3.8, 4) is 5.88 Å². The fourth-order valence-electron chi connectivity index (χ4n) is 3.72. The molecule has 2 aromatic heterocycles. The summed E-state index contributed by atoms with van der Waals surface area (Å²) < 4.78 is 20.0. The second kappa shape index (κ2) is 6.11. The fourth-order valence-corrected chi connectivity index (χ4v) is 3.72. The molecule has 132 valence electrons. The van der Waals surface area contributed by atoms with Crippen LogP contribution in [-0.4, -0.2) is 38.5 Å². The molecule has 1 saturated heterocycles. The molecule has 1 spiro atoms. The first-order chi connectivity index (χ1) is 12.0. The summed E-state index contributed by atoms with van der Waals surface area (Å²) in [5.74, 6) is 0.781. The van der Waals surface area contributed by atoms with Gasteiger partial charge in [0.15, 0.2) is 0 Å². The Bertz CT molecular complexity index is 801. The predicted molar refractivity (Wildman–Crippen MR) is 91.2 cm³/mol. The molecule has 2 aliphatic rings. The van der Waals surface area contributed by atoms with Crippen molar-refractivity contribution in [3.63, 3.8) is 0 Å². The van der Waals surface area contributed by atoms with Crippen molar-refractivity contribution in [2.45, 2.75) is 37.8 Å². The van der Waals surface area contributed by atoms with Crippen molar-refractivity contribution >= 4 is 11.8 Å². The lowest BCUT2D eigenvalue weighted by molar-refractivity contribution is 0.0727. The minimum atomic E-state index is -0.323. The molecular formula is C17H21FN6O. The molecule has 0 unspecified atom stereocenters. The number of hydrogen-bond acceptors (Lipinski definition) is 7. The number of pyridine rings is 1. The Morgan fingerprint density at radius 1 is 1.24 bits per heavy atom. The van der Waals surface area contributed by atoms with Crippen molar-refractivity contribution in [1.29, 1.82) is 0 Å². The van der Waals surface area contributed by atoms with E-state index in [0.29, 0.717) is 30.4 Å². The van der Waals surface area contributed by atoms with E-state index in [0.717, 1.165) is 37.9 Å². The van der Waals surface area contributed by atoms with Crippen LogP contribution in [0.3, 0.4) is 0 Å². The Morgan fingerprint density at radius 2 is 2.12 bits per heavy atom. The van der Waals surface area contributed by atoms with E-state index in [1.54, 1.807) is 12.3 Å². The van der Waals surface area contributed by atoms with Gasteiger partial charge in [0.25, 0.3) is 0 Å². The van der Waals surface area contributed by atoms with Crippen molar-refractivity contribution in [1.82, 2.24) is 19.9 Å². The van der Waals surface area contributed by atoms with Crippen molar-refractivity contribution < 1.29 is 9.13 Å². The largest absolute Gasteiger partial charge is 0.470 e. The molecule has 0 amide bonds. The van der Waals surface area contributed by atoms with Crippen LogP contribution in [-0.2, 0) is 13.0 Å². The number of nitrogens with two attached hydrogens (primary N) is 2. The molecule has 0 saturated carbocycles. The summed E-state index contributed by atoms with van der Waals surface area (Å²) >= 11 is 0. The monoisotopic (exact) mass is 344 g/mol. The van der Waals surface area contributed by atoms with Crippen LogP contribution in [0.5, 0.6) is 5.88 Å². The standard InChI is InChI=1S/C17H21FN6O/c18-12-3-1-6-21-13(12)10-24-7-2-4-17(5-8-24)9-11-14(19)22-16(20)23-15(11)25-17/h1,3,6H,2,4-5,7-10H2,(H4,19,20,22,23)/t17-/m0/s1. The van der Waals surface area contributed by atoms with Crippen LogP contribution in [0.15, 0.2) is 18.3 Å². The summed E-state index contributed by atoms with van der Waals surface area (Å²) in [5, 5.41) is 0. The minimum Gasteiger partial charge on any atom is -0.470 e. The number of aromatic nitrogens is 3. The molecule has 4 N–H and O–H groups in total. The third-order valence-electron chi connectivity index (χ3n) is 5.03. The molecule has 25 heavy (non-hydrogen) atoms. The molecular weight excluding hydrogens is 323 g/mol. The summed E-state index contributed by atoms with van der Waals surface area (Å²) in [5.41, 5.74) is 12.7. The number of nitrogens with zero attached hydrogens (tertiary/aromatic N) is 4. The molecule has 0 bridgehead atoms. The van der Waals surface area contributed by atoms with Crippen LogP contribution in [0.2, 0.25) is 0 Å². The maximum atomic E-state index is 13.8. The molecule has 1 fully saturated rings. The van der Waals surface area contributed by atoms with Gasteiger partial charge in [0.05, 0.1) is 11.3 Å². The van der Waals surface area contributed by atoms with E-state index in [2.05, 4.69) is 19.9 Å². The Morgan fingerprint density at radius 3 is 2.96 bits per heavy atom. The zero-order valence-electron chi connectivity index (χ0n) is 13.9. The maximum Gasteiger partial charge on any atom is 0.225 e. The van der Waals surface area contributed by atoms with Crippen LogP contribution in [0, 0.1) is 5.82 Å².